The highest BCUT2D eigenvalue weighted by atomic mass is 31.2. The van der Waals surface area contributed by atoms with Gasteiger partial charge in [0.2, 0.25) is 26.6 Å². The first-order valence-electron chi connectivity index (χ1n) is 12.4. The Hall–Kier alpha value is -3.77. The molecule has 4 aromatic rings. The van der Waals surface area contributed by atoms with Crippen LogP contribution in [0.15, 0.2) is 22.2 Å². The zero-order chi connectivity index (χ0) is 31.9. The van der Waals surface area contributed by atoms with E-state index in [-0.39, 0.29) is 34.2 Å². The number of nitrogens with two attached hydrogens (primary N) is 2. The monoisotopic (exact) mass is 650 g/mol. The summed E-state index contributed by atoms with van der Waals surface area (Å²) >= 11 is 0. The first-order valence-corrected chi connectivity index (χ1v) is 13.8. The number of nitrogen functional groups attached to an aromatic ring is 2. The van der Waals surface area contributed by atoms with Crippen LogP contribution in [-0.2, 0) is 19.0 Å². The van der Waals surface area contributed by atoms with Crippen molar-refractivity contribution < 1.29 is 53.1 Å². The molecule has 44 heavy (non-hydrogen) atoms. The molecule has 11 N–H and O–H groups in total. The molecule has 0 amide bonds. The van der Waals surface area contributed by atoms with Gasteiger partial charge in [0.25, 0.3) is 11.1 Å². The Morgan fingerprint density at radius 1 is 0.909 bits per heavy atom. The van der Waals surface area contributed by atoms with Crippen molar-refractivity contribution in [2.24, 2.45) is 0 Å². The van der Waals surface area contributed by atoms with Crippen LogP contribution >= 0.6 is 8.38 Å². The van der Waals surface area contributed by atoms with Gasteiger partial charge in [0, 0.05) is 0 Å². The summed E-state index contributed by atoms with van der Waals surface area (Å²) in [7, 11) is -2.30. The number of aliphatic hydroxyl groups is 4. The number of hydrogen-bond acceptors (Lipinski definition) is 17. The van der Waals surface area contributed by atoms with Gasteiger partial charge in [-0.05, 0) is 0 Å². The molecule has 9 atom stereocenters. The number of anilines is 2. The van der Waals surface area contributed by atoms with Crippen molar-refractivity contribution in [3.05, 3.63) is 33.4 Å². The number of aromatic amines is 2. The Kier molecular flexibility index (Phi) is 9.12. The van der Waals surface area contributed by atoms with Gasteiger partial charge in [-0.1, -0.05) is 0 Å². The number of hydrogen-bond donors (Lipinski definition) is 9. The Morgan fingerprint density at radius 2 is 1.41 bits per heavy atom. The Morgan fingerprint density at radius 3 is 1.89 bits per heavy atom. The predicted molar refractivity (Wildman–Crippen MR) is 140 cm³/mol. The third-order valence-electron chi connectivity index (χ3n) is 6.42. The minimum atomic E-state index is -2.30. The largest absolute Gasteiger partial charge is 0.394 e. The first kappa shape index (κ1) is 31.6. The molecule has 2 aliphatic rings. The van der Waals surface area contributed by atoms with E-state index in [1.165, 1.54) is 10.9 Å². The first-order chi connectivity index (χ1) is 20.9. The molecule has 0 aliphatic carbocycles. The number of ether oxygens (including phenoxy) is 2. The second-order valence-corrected chi connectivity index (χ2v) is 10.4. The van der Waals surface area contributed by atoms with Crippen molar-refractivity contribution in [3.8, 4) is 0 Å². The second-order valence-electron chi connectivity index (χ2n) is 9.23. The summed E-state index contributed by atoms with van der Waals surface area (Å²) in [5, 5.41) is 37.0. The molecule has 6 heterocycles. The van der Waals surface area contributed by atoms with E-state index in [1.54, 1.807) is 0 Å². The van der Waals surface area contributed by atoms with Crippen molar-refractivity contribution >= 4 is 42.6 Å². The molecular formula is C20H25F2N10O11P. The molecule has 2 fully saturated rings. The van der Waals surface area contributed by atoms with Crippen LogP contribution in [0.1, 0.15) is 12.5 Å². The fraction of sp³-hybridized carbons (Fsp3) is 0.500. The fourth-order valence-corrected chi connectivity index (χ4v) is 4.59. The number of imidazole rings is 2. The molecule has 24 heteroatoms. The maximum absolute atomic E-state index is 14.3. The molecule has 240 valence electrons. The van der Waals surface area contributed by atoms with Gasteiger partial charge in [0.05, 0.1) is 19.3 Å². The molecular weight excluding hydrogens is 625 g/mol. The molecule has 6 rings (SSSR count). The zero-order valence-electron chi connectivity index (χ0n) is 21.9. The number of aliphatic hydroxyl groups excluding tert-OH is 4. The lowest BCUT2D eigenvalue weighted by atomic mass is 10.1. The molecule has 0 aromatic carbocycles. The summed E-state index contributed by atoms with van der Waals surface area (Å²) in [6, 6.07) is 0. The smallest absolute Gasteiger partial charge is 0.280 e. The molecule has 0 saturated carbocycles. The minimum absolute atomic E-state index is 0.0167. The van der Waals surface area contributed by atoms with Gasteiger partial charge in [-0.3, -0.25) is 28.7 Å². The summed E-state index contributed by atoms with van der Waals surface area (Å²) in [6.45, 7) is -0.527. The number of nitrogens with one attached hydrogen (secondary N) is 2. The average molecular weight is 650 g/mol. The lowest BCUT2D eigenvalue weighted by Crippen LogP contribution is -2.30. The average Bonchev–Trinajstić information content (AvgIpc) is 3.74. The van der Waals surface area contributed by atoms with Crippen molar-refractivity contribution in [3.63, 3.8) is 0 Å². The van der Waals surface area contributed by atoms with Crippen LogP contribution < -0.4 is 22.6 Å². The molecule has 4 aromatic heterocycles. The number of rotatable bonds is 7. The van der Waals surface area contributed by atoms with Gasteiger partial charge in [0.1, 0.15) is 24.7 Å². The van der Waals surface area contributed by atoms with Gasteiger partial charge in [0.15, 0.2) is 47.1 Å². The van der Waals surface area contributed by atoms with E-state index in [9.17, 15) is 28.6 Å². The molecule has 21 nitrogen and oxygen atoms in total. The lowest BCUT2D eigenvalue weighted by molar-refractivity contribution is -0.332. The highest BCUT2D eigenvalue weighted by molar-refractivity contribution is 7.45. The fourth-order valence-electron chi connectivity index (χ4n) is 4.36. The third-order valence-corrected chi connectivity index (χ3v) is 6.92. The van der Waals surface area contributed by atoms with Crippen LogP contribution in [0.5, 0.6) is 0 Å². The summed E-state index contributed by atoms with van der Waals surface area (Å²) in [5.74, 6) is -0.342. The number of H-pyrrole nitrogens is 2. The highest BCUT2D eigenvalue weighted by Crippen LogP contribution is 2.37. The number of halogens is 2. The number of nitrogens with zero attached hydrogens (tertiary/aromatic N) is 6. The standard InChI is InChI=1S/C10H13FN5O7P.C10H12FN5O4/c11-3-5(18)9(22-23-24(20)2-17)21-8(3)16-1-13-4-6(16)14-10(12)15-7(4)19;11-4-6(18)3(1-17)20-9(4)16-2-13-5-7(16)14-10(12)15-8(5)19/h1,3,5,8-9,17-18,20H,2H2,(H3,12,14,15,19);2-4,6,9,17-18H,1H2,(H3,12,14,15,19)/t3?,5-,8-,9-,24?;3-,4?,6+,9-/m11/s1. The lowest BCUT2D eigenvalue weighted by Gasteiger charge is -2.15. The van der Waals surface area contributed by atoms with Crippen molar-refractivity contribution in [2.45, 2.75) is 49.4 Å². The third kappa shape index (κ3) is 5.84. The van der Waals surface area contributed by atoms with Crippen LogP contribution in [0.2, 0.25) is 0 Å². The SMILES string of the molecule is Nc1nc2c(ncn2[C@@H]2O[C@H](CO)[C@H](O)C2F)c(=O)[nH]1.Nc1nc2c(ncn2[C@@H]2O[C@H](OOP(O)CO)[C@H](O)C2F)c(=O)[nH]1. The van der Waals surface area contributed by atoms with Crippen LogP contribution in [0.25, 0.3) is 22.3 Å². The van der Waals surface area contributed by atoms with Crippen LogP contribution in [0.4, 0.5) is 20.7 Å². The van der Waals surface area contributed by atoms with E-state index in [4.69, 9.17) is 36.0 Å². The van der Waals surface area contributed by atoms with E-state index in [1.807, 2.05) is 0 Å². The van der Waals surface area contributed by atoms with Crippen LogP contribution in [0.3, 0.4) is 0 Å². The van der Waals surface area contributed by atoms with E-state index in [0.717, 1.165) is 10.9 Å². The van der Waals surface area contributed by atoms with E-state index < -0.39 is 81.8 Å². The molecule has 2 aliphatic heterocycles. The maximum Gasteiger partial charge on any atom is 0.280 e. The summed E-state index contributed by atoms with van der Waals surface area (Å²) in [5.41, 5.74) is 9.61. The second kappa shape index (κ2) is 12.7. The molecule has 0 radical (unpaired) electrons. The van der Waals surface area contributed by atoms with Gasteiger partial charge < -0.3 is 46.3 Å². The summed E-state index contributed by atoms with van der Waals surface area (Å²) in [4.78, 5) is 56.9. The Labute approximate surface area is 242 Å². The quantitative estimate of drug-likeness (QED) is 0.0538. The van der Waals surface area contributed by atoms with Gasteiger partial charge in [-0.2, -0.15) is 19.5 Å². The zero-order valence-corrected chi connectivity index (χ0v) is 22.8. The Bertz CT molecular complexity index is 1740. The Balaban J connectivity index is 0.000000177. The molecule has 3 unspecified atom stereocenters. The predicted octanol–water partition coefficient (Wildman–Crippen LogP) is -3.25. The van der Waals surface area contributed by atoms with Crippen LogP contribution in [-0.4, -0.2) is 114 Å². The van der Waals surface area contributed by atoms with Gasteiger partial charge >= 0.3 is 0 Å². The van der Waals surface area contributed by atoms with Gasteiger partial charge in [-0.25, -0.2) is 18.7 Å². The van der Waals surface area contributed by atoms with Crippen molar-refractivity contribution in [1.82, 2.24) is 39.0 Å². The molecule has 0 bridgehead atoms. The van der Waals surface area contributed by atoms with Crippen molar-refractivity contribution in [2.75, 3.05) is 24.4 Å². The van der Waals surface area contributed by atoms with E-state index in [0.29, 0.717) is 0 Å². The van der Waals surface area contributed by atoms with Crippen molar-refractivity contribution in [1.29, 1.82) is 0 Å². The van der Waals surface area contributed by atoms with E-state index >= 15 is 0 Å². The highest BCUT2D eigenvalue weighted by Gasteiger charge is 2.48. The number of aromatic nitrogens is 8. The molecule has 0 spiro atoms. The number of alkyl halides is 2. The van der Waals surface area contributed by atoms with Gasteiger partial charge in [-0.15, -0.1) is 0 Å². The maximum atomic E-state index is 14.3. The van der Waals surface area contributed by atoms with Crippen LogP contribution in [0, 0.1) is 0 Å². The minimum Gasteiger partial charge on any atom is -0.394 e. The number of fused-ring (bicyclic) bond motifs is 2. The van der Waals surface area contributed by atoms with E-state index in [2.05, 4.69) is 39.5 Å². The summed E-state index contributed by atoms with van der Waals surface area (Å²) in [6.07, 6.45) is -10.7. The molecule has 2 saturated heterocycles. The normalized spacial score (nSPS) is 29.2. The topological polar surface area (TPSA) is 317 Å². The summed E-state index contributed by atoms with van der Waals surface area (Å²) < 4.78 is 45.4.